The summed E-state index contributed by atoms with van der Waals surface area (Å²) in [6, 6.07) is 1.89. The van der Waals surface area contributed by atoms with Gasteiger partial charge in [-0.1, -0.05) is 0 Å². The van der Waals surface area contributed by atoms with Crippen LogP contribution in [0.4, 0.5) is 0 Å². The fraction of sp³-hybridized carbons (Fsp3) is 0.364. The highest BCUT2D eigenvalue weighted by atomic mass is 16.5. The quantitative estimate of drug-likeness (QED) is 0.554. The summed E-state index contributed by atoms with van der Waals surface area (Å²) in [7, 11) is 0. The van der Waals surface area contributed by atoms with Gasteiger partial charge in [-0.25, -0.2) is 4.98 Å². The number of ether oxygens (including phenoxy) is 1. The maximum atomic E-state index is 11.1. The molecule has 84 valence electrons. The highest BCUT2D eigenvalue weighted by molar-refractivity contribution is 5.69. The average molecular weight is 219 g/mol. The first-order chi connectivity index (χ1) is 7.76. The van der Waals surface area contributed by atoms with Gasteiger partial charge in [-0.15, -0.1) is 0 Å². The van der Waals surface area contributed by atoms with Crippen LogP contribution >= 0.6 is 0 Å². The summed E-state index contributed by atoms with van der Waals surface area (Å²) in [4.78, 5) is 15.2. The Hall–Kier alpha value is -2.09. The number of rotatable bonds is 5. The Bertz CT molecular complexity index is 415. The maximum Gasteiger partial charge on any atom is 0.306 e. The standard InChI is InChI=1S/C11H13N3O2/c1-2-16-11(15)5-4-10-8-14(9-13-10)7-3-6-12/h3,7-9H,2,4-5H2,1H3/b7-3+. The van der Waals surface area contributed by atoms with Gasteiger partial charge in [-0.3, -0.25) is 4.79 Å². The minimum atomic E-state index is -0.218. The zero-order chi connectivity index (χ0) is 11.8. The molecule has 0 aliphatic rings. The van der Waals surface area contributed by atoms with E-state index < -0.39 is 0 Å². The lowest BCUT2D eigenvalue weighted by Gasteiger charge is -1.98. The molecule has 0 bridgehead atoms. The van der Waals surface area contributed by atoms with E-state index >= 15 is 0 Å². The molecule has 5 heteroatoms. The zero-order valence-electron chi connectivity index (χ0n) is 9.09. The molecule has 1 aromatic rings. The first kappa shape index (κ1) is 12.0. The number of aryl methyl sites for hydroxylation is 1. The van der Waals surface area contributed by atoms with Crippen molar-refractivity contribution in [2.45, 2.75) is 19.8 Å². The summed E-state index contributed by atoms with van der Waals surface area (Å²) in [5.41, 5.74) is 0.802. The van der Waals surface area contributed by atoms with Gasteiger partial charge in [0.05, 0.1) is 31.1 Å². The van der Waals surface area contributed by atoms with Crippen LogP contribution < -0.4 is 0 Å². The van der Waals surface area contributed by atoms with E-state index in [0.29, 0.717) is 19.4 Å². The summed E-state index contributed by atoms with van der Waals surface area (Å²) in [6.45, 7) is 2.18. The molecule has 0 amide bonds. The van der Waals surface area contributed by atoms with Crippen molar-refractivity contribution in [3.8, 4) is 6.07 Å². The van der Waals surface area contributed by atoms with E-state index in [1.807, 2.05) is 6.07 Å². The highest BCUT2D eigenvalue weighted by Gasteiger charge is 2.04. The number of nitrogens with zero attached hydrogens (tertiary/aromatic N) is 3. The highest BCUT2D eigenvalue weighted by Crippen LogP contribution is 2.02. The van der Waals surface area contributed by atoms with Crippen LogP contribution in [0.15, 0.2) is 18.6 Å². The first-order valence-electron chi connectivity index (χ1n) is 5.00. The van der Waals surface area contributed by atoms with Gasteiger partial charge in [-0.2, -0.15) is 5.26 Å². The van der Waals surface area contributed by atoms with Crippen LogP contribution in [0.25, 0.3) is 6.20 Å². The number of esters is 1. The third-order valence-electron chi connectivity index (χ3n) is 1.87. The van der Waals surface area contributed by atoms with Gasteiger partial charge < -0.3 is 9.30 Å². The van der Waals surface area contributed by atoms with Gasteiger partial charge in [0, 0.05) is 24.9 Å². The van der Waals surface area contributed by atoms with Gasteiger partial charge in [0.1, 0.15) is 0 Å². The molecule has 5 nitrogen and oxygen atoms in total. The van der Waals surface area contributed by atoms with Crippen LogP contribution in [-0.4, -0.2) is 22.1 Å². The minimum Gasteiger partial charge on any atom is -0.466 e. The molecule has 0 atom stereocenters. The van der Waals surface area contributed by atoms with Crippen molar-refractivity contribution in [1.82, 2.24) is 9.55 Å². The Kier molecular flexibility index (Phi) is 4.80. The minimum absolute atomic E-state index is 0.218. The topological polar surface area (TPSA) is 67.9 Å². The second-order valence-electron chi connectivity index (χ2n) is 3.06. The van der Waals surface area contributed by atoms with Crippen LogP contribution in [0, 0.1) is 11.3 Å². The molecule has 0 spiro atoms. The van der Waals surface area contributed by atoms with Crippen molar-refractivity contribution >= 4 is 12.2 Å². The van der Waals surface area contributed by atoms with Crippen LogP contribution in [0.5, 0.6) is 0 Å². The molecular weight excluding hydrogens is 206 g/mol. The SMILES string of the molecule is CCOC(=O)CCc1cn(/C=C/C#N)cn1. The van der Waals surface area contributed by atoms with Crippen LogP contribution in [0.3, 0.4) is 0 Å². The molecule has 1 aromatic heterocycles. The van der Waals surface area contributed by atoms with E-state index in [1.54, 1.807) is 30.2 Å². The molecule has 0 N–H and O–H groups in total. The predicted molar refractivity (Wildman–Crippen MR) is 58.1 cm³/mol. The normalized spacial score (nSPS) is 10.2. The molecule has 0 fully saturated rings. The Morgan fingerprint density at radius 1 is 1.75 bits per heavy atom. The van der Waals surface area contributed by atoms with Gasteiger partial charge in [0.2, 0.25) is 0 Å². The molecular formula is C11H13N3O2. The Labute approximate surface area is 94.0 Å². The zero-order valence-corrected chi connectivity index (χ0v) is 9.09. The second kappa shape index (κ2) is 6.40. The third-order valence-corrected chi connectivity index (χ3v) is 1.87. The predicted octanol–water partition coefficient (Wildman–Crippen LogP) is 1.37. The Morgan fingerprint density at radius 3 is 3.25 bits per heavy atom. The van der Waals surface area contributed by atoms with Crippen molar-refractivity contribution in [1.29, 1.82) is 5.26 Å². The molecule has 0 radical (unpaired) electrons. The molecule has 0 aliphatic carbocycles. The summed E-state index contributed by atoms with van der Waals surface area (Å²) < 4.78 is 6.48. The van der Waals surface area contributed by atoms with Crippen molar-refractivity contribution in [2.24, 2.45) is 0 Å². The molecule has 1 rings (SSSR count). The van der Waals surface area contributed by atoms with E-state index in [2.05, 4.69) is 4.98 Å². The summed E-state index contributed by atoms with van der Waals surface area (Å²) in [5, 5.41) is 8.34. The Balaban J connectivity index is 2.44. The number of carbonyl (C=O) groups is 1. The molecule has 0 aromatic carbocycles. The van der Waals surface area contributed by atoms with Crippen LogP contribution in [0.2, 0.25) is 0 Å². The fourth-order valence-corrected chi connectivity index (χ4v) is 1.17. The number of imidazole rings is 1. The smallest absolute Gasteiger partial charge is 0.306 e. The van der Waals surface area contributed by atoms with Crippen molar-refractivity contribution < 1.29 is 9.53 Å². The van der Waals surface area contributed by atoms with Gasteiger partial charge in [0.15, 0.2) is 0 Å². The van der Waals surface area contributed by atoms with E-state index in [4.69, 9.17) is 10.00 Å². The van der Waals surface area contributed by atoms with Gasteiger partial charge in [-0.05, 0) is 6.92 Å². The maximum absolute atomic E-state index is 11.1. The van der Waals surface area contributed by atoms with Crippen molar-refractivity contribution in [3.05, 3.63) is 24.3 Å². The first-order valence-corrected chi connectivity index (χ1v) is 5.00. The molecule has 0 saturated heterocycles. The number of carbonyl (C=O) groups excluding carboxylic acids is 1. The lowest BCUT2D eigenvalue weighted by molar-refractivity contribution is -0.143. The Morgan fingerprint density at radius 2 is 2.56 bits per heavy atom. The summed E-state index contributed by atoms with van der Waals surface area (Å²) in [6.07, 6.45) is 7.19. The molecule has 0 aliphatic heterocycles. The van der Waals surface area contributed by atoms with E-state index in [-0.39, 0.29) is 5.97 Å². The van der Waals surface area contributed by atoms with Crippen LogP contribution in [-0.2, 0) is 16.0 Å². The number of nitriles is 1. The number of aromatic nitrogens is 2. The summed E-state index contributed by atoms with van der Waals surface area (Å²) in [5.74, 6) is -0.218. The molecule has 0 saturated carbocycles. The van der Waals surface area contributed by atoms with Crippen LogP contribution in [0.1, 0.15) is 19.0 Å². The van der Waals surface area contributed by atoms with Crippen molar-refractivity contribution in [2.75, 3.05) is 6.61 Å². The largest absolute Gasteiger partial charge is 0.466 e. The molecule has 0 unspecified atom stereocenters. The fourth-order valence-electron chi connectivity index (χ4n) is 1.17. The van der Waals surface area contributed by atoms with Gasteiger partial charge in [0.25, 0.3) is 0 Å². The monoisotopic (exact) mass is 219 g/mol. The third kappa shape index (κ3) is 3.96. The number of hydrogen-bond donors (Lipinski definition) is 0. The number of hydrogen-bond acceptors (Lipinski definition) is 4. The lowest BCUT2D eigenvalue weighted by atomic mass is 10.2. The lowest BCUT2D eigenvalue weighted by Crippen LogP contribution is -2.05. The van der Waals surface area contributed by atoms with Crippen molar-refractivity contribution in [3.63, 3.8) is 0 Å². The molecule has 1 heterocycles. The summed E-state index contributed by atoms with van der Waals surface area (Å²) >= 11 is 0. The second-order valence-corrected chi connectivity index (χ2v) is 3.06. The van der Waals surface area contributed by atoms with E-state index in [1.165, 1.54) is 6.08 Å². The van der Waals surface area contributed by atoms with E-state index in [9.17, 15) is 4.79 Å². The average Bonchev–Trinajstić information content (AvgIpc) is 2.72. The number of allylic oxidation sites excluding steroid dienone is 1. The van der Waals surface area contributed by atoms with E-state index in [0.717, 1.165) is 5.69 Å². The van der Waals surface area contributed by atoms with Gasteiger partial charge >= 0.3 is 5.97 Å². The molecule has 16 heavy (non-hydrogen) atoms.